The van der Waals surface area contributed by atoms with Gasteiger partial charge in [0.05, 0.1) is 12.6 Å². The van der Waals surface area contributed by atoms with E-state index in [4.69, 9.17) is 0 Å². The maximum absolute atomic E-state index is 9.75. The zero-order valence-electron chi connectivity index (χ0n) is 9.93. The maximum atomic E-state index is 9.75. The van der Waals surface area contributed by atoms with Gasteiger partial charge in [-0.1, -0.05) is 23.8 Å². The minimum atomic E-state index is -0.236. The van der Waals surface area contributed by atoms with Gasteiger partial charge >= 0.3 is 0 Å². The van der Waals surface area contributed by atoms with Crippen molar-refractivity contribution in [2.45, 2.75) is 32.4 Å². The number of fused-ring (bicyclic) bond motifs is 1. The van der Waals surface area contributed by atoms with Gasteiger partial charge in [-0.15, -0.1) is 0 Å². The molecule has 2 aromatic rings. The van der Waals surface area contributed by atoms with E-state index in [1.54, 1.807) is 0 Å². The molecule has 88 valence electrons. The summed E-state index contributed by atoms with van der Waals surface area (Å²) in [6.07, 6.45) is 3.46. The zero-order valence-corrected chi connectivity index (χ0v) is 9.93. The van der Waals surface area contributed by atoms with Gasteiger partial charge in [-0.3, -0.25) is 0 Å². The van der Waals surface area contributed by atoms with Gasteiger partial charge in [0.2, 0.25) is 0 Å². The van der Waals surface area contributed by atoms with Gasteiger partial charge in [0, 0.05) is 17.5 Å². The third-order valence-corrected chi connectivity index (χ3v) is 3.34. The van der Waals surface area contributed by atoms with E-state index in [1.165, 1.54) is 11.3 Å². The molecule has 0 aliphatic carbocycles. The van der Waals surface area contributed by atoms with Crippen molar-refractivity contribution in [3.63, 3.8) is 0 Å². The van der Waals surface area contributed by atoms with Crippen molar-refractivity contribution in [3.8, 4) is 11.4 Å². The molecule has 0 spiro atoms. The second-order valence-corrected chi connectivity index (χ2v) is 4.75. The topological polar surface area (TPSA) is 38.0 Å². The van der Waals surface area contributed by atoms with E-state index < -0.39 is 0 Å². The van der Waals surface area contributed by atoms with Crippen molar-refractivity contribution < 1.29 is 5.11 Å². The summed E-state index contributed by atoms with van der Waals surface area (Å²) in [5, 5.41) is 9.75. The first-order valence-electron chi connectivity index (χ1n) is 6.03. The molecule has 1 aromatic carbocycles. The van der Waals surface area contributed by atoms with Gasteiger partial charge < -0.3 is 9.67 Å². The summed E-state index contributed by atoms with van der Waals surface area (Å²) in [6, 6.07) is 8.34. The SMILES string of the molecule is Cc1cccc(-c2ncc3n2CC(O)CC3)c1. The van der Waals surface area contributed by atoms with Crippen LogP contribution in [0.15, 0.2) is 30.5 Å². The first-order chi connectivity index (χ1) is 8.24. The molecule has 0 amide bonds. The molecule has 1 aromatic heterocycles. The second kappa shape index (κ2) is 4.00. The summed E-state index contributed by atoms with van der Waals surface area (Å²) in [7, 11) is 0. The fourth-order valence-electron chi connectivity index (χ4n) is 2.45. The van der Waals surface area contributed by atoms with Crippen molar-refractivity contribution in [1.29, 1.82) is 0 Å². The highest BCUT2D eigenvalue weighted by Crippen LogP contribution is 2.25. The summed E-state index contributed by atoms with van der Waals surface area (Å²) in [6.45, 7) is 2.75. The molecular weight excluding hydrogens is 212 g/mol. The van der Waals surface area contributed by atoms with Gasteiger partial charge in [-0.25, -0.2) is 4.98 Å². The molecule has 1 aliphatic heterocycles. The molecule has 1 atom stereocenters. The Kier molecular flexibility index (Phi) is 2.48. The summed E-state index contributed by atoms with van der Waals surface area (Å²) in [5.74, 6) is 0.974. The van der Waals surface area contributed by atoms with Crippen molar-refractivity contribution >= 4 is 0 Å². The Labute approximate surface area is 101 Å². The van der Waals surface area contributed by atoms with E-state index in [2.05, 4.69) is 34.7 Å². The van der Waals surface area contributed by atoms with Crippen LogP contribution in [0.3, 0.4) is 0 Å². The number of nitrogens with zero attached hydrogens (tertiary/aromatic N) is 2. The van der Waals surface area contributed by atoms with Gasteiger partial charge in [0.25, 0.3) is 0 Å². The molecule has 3 nitrogen and oxygen atoms in total. The molecule has 0 fully saturated rings. The summed E-state index contributed by atoms with van der Waals surface area (Å²) in [5.41, 5.74) is 3.59. The third kappa shape index (κ3) is 1.87. The minimum Gasteiger partial charge on any atom is -0.391 e. The highest BCUT2D eigenvalue weighted by Gasteiger charge is 2.20. The van der Waals surface area contributed by atoms with Gasteiger partial charge in [0.15, 0.2) is 0 Å². The molecule has 3 heteroatoms. The zero-order chi connectivity index (χ0) is 11.8. The predicted molar refractivity (Wildman–Crippen MR) is 66.7 cm³/mol. The van der Waals surface area contributed by atoms with E-state index in [-0.39, 0.29) is 6.10 Å². The summed E-state index contributed by atoms with van der Waals surface area (Å²) >= 11 is 0. The number of hydrogen-bond donors (Lipinski definition) is 1. The highest BCUT2D eigenvalue weighted by molar-refractivity contribution is 5.57. The standard InChI is InChI=1S/C14H16N2O/c1-10-3-2-4-11(7-10)14-15-8-12-5-6-13(17)9-16(12)14/h2-4,7-8,13,17H,5-6,9H2,1H3. The van der Waals surface area contributed by atoms with Gasteiger partial charge in [-0.05, 0) is 25.8 Å². The van der Waals surface area contributed by atoms with Crippen LogP contribution in [0.25, 0.3) is 11.4 Å². The van der Waals surface area contributed by atoms with Crippen LogP contribution in [-0.4, -0.2) is 20.8 Å². The Morgan fingerprint density at radius 3 is 3.12 bits per heavy atom. The molecule has 1 aliphatic rings. The van der Waals surface area contributed by atoms with E-state index in [9.17, 15) is 5.11 Å². The predicted octanol–water partition coefficient (Wildman–Crippen LogP) is 2.17. The summed E-state index contributed by atoms with van der Waals surface area (Å²) in [4.78, 5) is 4.50. The first-order valence-corrected chi connectivity index (χ1v) is 6.03. The molecule has 0 saturated carbocycles. The van der Waals surface area contributed by atoms with Crippen LogP contribution in [0.4, 0.5) is 0 Å². The lowest BCUT2D eigenvalue weighted by Crippen LogP contribution is -2.24. The fraction of sp³-hybridized carbons (Fsp3) is 0.357. The van der Waals surface area contributed by atoms with Gasteiger partial charge in [-0.2, -0.15) is 0 Å². The minimum absolute atomic E-state index is 0.236. The first kappa shape index (κ1) is 10.5. The Hall–Kier alpha value is -1.61. The number of aliphatic hydroxyl groups is 1. The monoisotopic (exact) mass is 228 g/mol. The van der Waals surface area contributed by atoms with E-state index >= 15 is 0 Å². The van der Waals surface area contributed by atoms with Crippen LogP contribution in [0.5, 0.6) is 0 Å². The molecular formula is C14H16N2O. The van der Waals surface area contributed by atoms with Crippen LogP contribution in [0, 0.1) is 6.92 Å². The lowest BCUT2D eigenvalue weighted by molar-refractivity contribution is 0.132. The second-order valence-electron chi connectivity index (χ2n) is 4.75. The van der Waals surface area contributed by atoms with Crippen molar-refractivity contribution in [2.24, 2.45) is 0 Å². The van der Waals surface area contributed by atoms with E-state index in [0.717, 1.165) is 24.2 Å². The molecule has 1 unspecified atom stereocenters. The lowest BCUT2D eigenvalue weighted by Gasteiger charge is -2.21. The normalized spacial score (nSPS) is 19.1. The number of aromatic nitrogens is 2. The number of hydrogen-bond acceptors (Lipinski definition) is 2. The molecule has 1 N–H and O–H groups in total. The average molecular weight is 228 g/mol. The average Bonchev–Trinajstić information content (AvgIpc) is 2.71. The number of aryl methyl sites for hydroxylation is 2. The molecule has 3 rings (SSSR count). The number of benzene rings is 1. The molecule has 0 radical (unpaired) electrons. The van der Waals surface area contributed by atoms with Crippen LogP contribution >= 0.6 is 0 Å². The van der Waals surface area contributed by atoms with Crippen molar-refractivity contribution in [1.82, 2.24) is 9.55 Å². The smallest absolute Gasteiger partial charge is 0.140 e. The summed E-state index contributed by atoms with van der Waals surface area (Å²) < 4.78 is 2.14. The highest BCUT2D eigenvalue weighted by atomic mass is 16.3. The Morgan fingerprint density at radius 1 is 1.41 bits per heavy atom. The lowest BCUT2D eigenvalue weighted by atomic mass is 10.1. The van der Waals surface area contributed by atoms with Gasteiger partial charge in [0.1, 0.15) is 5.82 Å². The van der Waals surface area contributed by atoms with Crippen LogP contribution in [0.1, 0.15) is 17.7 Å². The van der Waals surface area contributed by atoms with Crippen molar-refractivity contribution in [2.75, 3.05) is 0 Å². The van der Waals surface area contributed by atoms with E-state index in [0.29, 0.717) is 6.54 Å². The number of aliphatic hydroxyl groups excluding tert-OH is 1. The third-order valence-electron chi connectivity index (χ3n) is 3.34. The fourth-order valence-corrected chi connectivity index (χ4v) is 2.45. The number of imidazole rings is 1. The molecule has 17 heavy (non-hydrogen) atoms. The maximum Gasteiger partial charge on any atom is 0.140 e. The molecule has 0 bridgehead atoms. The quantitative estimate of drug-likeness (QED) is 0.812. The Bertz CT molecular complexity index is 545. The number of rotatable bonds is 1. The largest absolute Gasteiger partial charge is 0.391 e. The van der Waals surface area contributed by atoms with Crippen LogP contribution in [-0.2, 0) is 13.0 Å². The van der Waals surface area contributed by atoms with Crippen LogP contribution in [0.2, 0.25) is 0 Å². The Morgan fingerprint density at radius 2 is 2.29 bits per heavy atom. The molecule has 2 heterocycles. The van der Waals surface area contributed by atoms with Crippen LogP contribution < -0.4 is 0 Å². The Balaban J connectivity index is 2.07. The van der Waals surface area contributed by atoms with Crippen molar-refractivity contribution in [3.05, 3.63) is 41.7 Å². The molecule has 0 saturated heterocycles. The van der Waals surface area contributed by atoms with E-state index in [1.807, 2.05) is 12.3 Å².